The third-order valence-corrected chi connectivity index (χ3v) is 5.59. The van der Waals surface area contributed by atoms with Crippen LogP contribution in [0.4, 0.5) is 0 Å². The molecule has 2 nitrogen and oxygen atoms in total. The summed E-state index contributed by atoms with van der Waals surface area (Å²) < 4.78 is 7.68. The highest BCUT2D eigenvalue weighted by molar-refractivity contribution is 9.10. The van der Waals surface area contributed by atoms with Crippen molar-refractivity contribution in [3.05, 3.63) is 28.2 Å². The van der Waals surface area contributed by atoms with Gasteiger partial charge in [-0.15, -0.1) is 0 Å². The van der Waals surface area contributed by atoms with Gasteiger partial charge < -0.3 is 10.1 Å². The van der Waals surface area contributed by atoms with Gasteiger partial charge >= 0.3 is 0 Å². The number of rotatable bonds is 1. The highest BCUT2D eigenvalue weighted by Gasteiger charge is 2.53. The lowest BCUT2D eigenvalue weighted by molar-refractivity contribution is -0.00201. The van der Waals surface area contributed by atoms with E-state index in [-0.39, 0.29) is 5.60 Å². The quantitative estimate of drug-likeness (QED) is 0.802. The monoisotopic (exact) mass is 337 g/mol. The van der Waals surface area contributed by atoms with Crippen LogP contribution in [0.1, 0.15) is 51.6 Å². The van der Waals surface area contributed by atoms with E-state index < -0.39 is 0 Å². The largest absolute Gasteiger partial charge is 0.487 e. The molecule has 1 aromatic carbocycles. The lowest BCUT2D eigenvalue weighted by atomic mass is 9.80. The minimum Gasteiger partial charge on any atom is -0.487 e. The summed E-state index contributed by atoms with van der Waals surface area (Å²) >= 11 is 3.57. The first-order valence-corrected chi connectivity index (χ1v) is 8.30. The van der Waals surface area contributed by atoms with Crippen LogP contribution in [0.2, 0.25) is 0 Å². The second-order valence-electron chi connectivity index (χ2n) is 7.34. The van der Waals surface area contributed by atoms with E-state index >= 15 is 0 Å². The summed E-state index contributed by atoms with van der Waals surface area (Å²) in [6.07, 6.45) is 3.46. The maximum atomic E-state index is 6.55. The van der Waals surface area contributed by atoms with E-state index in [2.05, 4.69) is 67.3 Å². The van der Waals surface area contributed by atoms with Crippen molar-refractivity contribution in [2.24, 2.45) is 11.3 Å². The summed E-state index contributed by atoms with van der Waals surface area (Å²) in [7, 11) is 2.05. The Bertz CT molecular complexity index is 528. The highest BCUT2D eigenvalue weighted by atomic mass is 79.9. The van der Waals surface area contributed by atoms with Gasteiger partial charge in [0.05, 0.1) is 0 Å². The third-order valence-electron chi connectivity index (χ3n) is 5.09. The van der Waals surface area contributed by atoms with Gasteiger partial charge in [0.2, 0.25) is 0 Å². The zero-order valence-corrected chi connectivity index (χ0v) is 14.4. The van der Waals surface area contributed by atoms with Crippen molar-refractivity contribution in [1.82, 2.24) is 5.32 Å². The Kier molecular flexibility index (Phi) is 3.41. The fraction of sp³-hybridized carbons (Fsp3) is 0.647. The van der Waals surface area contributed by atoms with E-state index in [0.29, 0.717) is 17.4 Å². The first kappa shape index (κ1) is 14.4. The predicted molar refractivity (Wildman–Crippen MR) is 86.1 cm³/mol. The lowest BCUT2D eigenvalue weighted by Crippen LogP contribution is -2.46. The standard InChI is InChI=1S/C17H24BrNO/c1-11-8-16(2,3)10-17(11)9-14(19-4)13-7-12(18)5-6-15(13)20-17/h5-7,11,14,19H,8-10H2,1-4H3. The Hall–Kier alpha value is -0.540. The van der Waals surface area contributed by atoms with Crippen LogP contribution in [0.15, 0.2) is 22.7 Å². The molecule has 0 aromatic heterocycles. The van der Waals surface area contributed by atoms with Gasteiger partial charge in [-0.1, -0.05) is 36.7 Å². The van der Waals surface area contributed by atoms with Crippen LogP contribution in [0.5, 0.6) is 5.75 Å². The number of halogens is 1. The molecule has 0 radical (unpaired) electrons. The molecule has 0 amide bonds. The van der Waals surface area contributed by atoms with Crippen molar-refractivity contribution < 1.29 is 4.74 Å². The van der Waals surface area contributed by atoms with E-state index in [1.54, 1.807) is 0 Å². The third kappa shape index (κ3) is 2.29. The van der Waals surface area contributed by atoms with E-state index in [4.69, 9.17) is 4.74 Å². The molecule has 3 unspecified atom stereocenters. The Morgan fingerprint density at radius 3 is 2.65 bits per heavy atom. The Balaban J connectivity index is 2.01. The van der Waals surface area contributed by atoms with Crippen LogP contribution in [0.25, 0.3) is 0 Å². The molecule has 20 heavy (non-hydrogen) atoms. The maximum absolute atomic E-state index is 6.55. The van der Waals surface area contributed by atoms with Crippen LogP contribution in [-0.4, -0.2) is 12.6 Å². The molecule has 0 bridgehead atoms. The zero-order chi connectivity index (χ0) is 14.5. The van der Waals surface area contributed by atoms with Gasteiger partial charge in [-0.2, -0.15) is 0 Å². The Labute approximate surface area is 130 Å². The summed E-state index contributed by atoms with van der Waals surface area (Å²) in [5.41, 5.74) is 1.66. The average molecular weight is 338 g/mol. The normalized spacial score (nSPS) is 34.9. The number of fused-ring (bicyclic) bond motifs is 1. The van der Waals surface area contributed by atoms with E-state index in [9.17, 15) is 0 Å². The van der Waals surface area contributed by atoms with Crippen LogP contribution in [-0.2, 0) is 0 Å². The molecule has 3 atom stereocenters. The highest BCUT2D eigenvalue weighted by Crippen LogP contribution is 2.55. The summed E-state index contributed by atoms with van der Waals surface area (Å²) in [6, 6.07) is 6.76. The van der Waals surface area contributed by atoms with E-state index in [1.807, 2.05) is 0 Å². The van der Waals surface area contributed by atoms with Crippen LogP contribution >= 0.6 is 15.9 Å². The van der Waals surface area contributed by atoms with Gasteiger partial charge in [-0.05, 0) is 49.4 Å². The van der Waals surface area contributed by atoms with Gasteiger partial charge in [0.15, 0.2) is 0 Å². The second-order valence-corrected chi connectivity index (χ2v) is 8.26. The van der Waals surface area contributed by atoms with Gasteiger partial charge in [0.25, 0.3) is 0 Å². The maximum Gasteiger partial charge on any atom is 0.125 e. The Morgan fingerprint density at radius 2 is 2.05 bits per heavy atom. The molecule has 1 aliphatic carbocycles. The van der Waals surface area contributed by atoms with Crippen molar-refractivity contribution in [3.8, 4) is 5.75 Å². The van der Waals surface area contributed by atoms with Crippen LogP contribution in [0, 0.1) is 11.3 Å². The number of hydrogen-bond acceptors (Lipinski definition) is 2. The number of benzene rings is 1. The summed E-state index contributed by atoms with van der Waals surface area (Å²) in [5.74, 6) is 1.66. The molecule has 1 aliphatic heterocycles. The number of ether oxygens (including phenoxy) is 1. The van der Waals surface area contributed by atoms with Gasteiger partial charge in [-0.3, -0.25) is 0 Å². The van der Waals surface area contributed by atoms with Crippen molar-refractivity contribution in [1.29, 1.82) is 0 Å². The fourth-order valence-electron chi connectivity index (χ4n) is 4.34. The second kappa shape index (κ2) is 4.74. The predicted octanol–water partition coefficient (Wildman–Crippen LogP) is 4.69. The van der Waals surface area contributed by atoms with Crippen molar-refractivity contribution in [3.63, 3.8) is 0 Å². The molecular formula is C17H24BrNO. The molecule has 1 aromatic rings. The summed E-state index contributed by atoms with van der Waals surface area (Å²) in [4.78, 5) is 0. The van der Waals surface area contributed by atoms with Crippen molar-refractivity contribution in [2.75, 3.05) is 7.05 Å². The van der Waals surface area contributed by atoms with Crippen LogP contribution < -0.4 is 10.1 Å². The van der Waals surface area contributed by atoms with E-state index in [0.717, 1.165) is 23.1 Å². The molecule has 1 spiro atoms. The van der Waals surface area contributed by atoms with Crippen molar-refractivity contribution in [2.45, 2.75) is 51.7 Å². The molecule has 1 heterocycles. The molecule has 3 heteroatoms. The SMILES string of the molecule is CNC1CC2(CC(C)(C)CC2C)Oc2ccc(Br)cc21. The molecule has 0 saturated heterocycles. The first-order chi connectivity index (χ1) is 9.35. The minimum absolute atomic E-state index is 0.00198. The number of nitrogens with one attached hydrogen (secondary N) is 1. The van der Waals surface area contributed by atoms with Gasteiger partial charge in [0, 0.05) is 22.5 Å². The topological polar surface area (TPSA) is 21.3 Å². The summed E-state index contributed by atoms with van der Waals surface area (Å²) in [5, 5.41) is 3.49. The molecule has 1 fully saturated rings. The molecule has 3 rings (SSSR count). The van der Waals surface area contributed by atoms with Gasteiger partial charge in [0.1, 0.15) is 11.4 Å². The zero-order valence-electron chi connectivity index (χ0n) is 12.8. The fourth-order valence-corrected chi connectivity index (χ4v) is 4.72. The molecule has 110 valence electrons. The summed E-state index contributed by atoms with van der Waals surface area (Å²) in [6.45, 7) is 7.09. The molecule has 1 saturated carbocycles. The van der Waals surface area contributed by atoms with Gasteiger partial charge in [-0.25, -0.2) is 0 Å². The van der Waals surface area contributed by atoms with E-state index in [1.165, 1.54) is 12.0 Å². The smallest absolute Gasteiger partial charge is 0.125 e. The molecular weight excluding hydrogens is 314 g/mol. The molecule has 1 N–H and O–H groups in total. The van der Waals surface area contributed by atoms with Crippen molar-refractivity contribution >= 4 is 15.9 Å². The minimum atomic E-state index is -0.00198. The number of hydrogen-bond donors (Lipinski definition) is 1. The lowest BCUT2D eigenvalue weighted by Gasteiger charge is -2.43. The average Bonchev–Trinajstić information content (AvgIpc) is 2.58. The molecule has 2 aliphatic rings. The Morgan fingerprint density at radius 1 is 1.30 bits per heavy atom. The first-order valence-electron chi connectivity index (χ1n) is 7.51. The van der Waals surface area contributed by atoms with Crippen LogP contribution in [0.3, 0.4) is 0 Å².